The highest BCUT2D eigenvalue weighted by Gasteiger charge is 2.06. The normalized spacial score (nSPS) is 11.6. The molecule has 2 N–H and O–H groups in total. The number of benzene rings is 2. The maximum absolute atomic E-state index is 6.17. The van der Waals surface area contributed by atoms with E-state index in [1.54, 1.807) is 0 Å². The third-order valence-corrected chi connectivity index (χ3v) is 2.60. The summed E-state index contributed by atoms with van der Waals surface area (Å²) in [6.07, 6.45) is 0. The Hall–Kier alpha value is -1.17. The van der Waals surface area contributed by atoms with Gasteiger partial charge >= 0.3 is 0 Å². The topological polar surface area (TPSA) is 26.0 Å². The van der Waals surface area contributed by atoms with E-state index in [1.807, 2.05) is 18.2 Å². The molecule has 2 heteroatoms. The molecule has 84 valence electrons. The van der Waals surface area contributed by atoms with Crippen LogP contribution in [0.2, 0.25) is 0 Å². The van der Waals surface area contributed by atoms with Crippen LogP contribution in [0.4, 0.5) is 0 Å². The van der Waals surface area contributed by atoms with Gasteiger partial charge in [0.05, 0.1) is 6.04 Å². The monoisotopic (exact) mass is 231 g/mol. The van der Waals surface area contributed by atoms with Crippen LogP contribution in [-0.4, -0.2) is 0 Å². The van der Waals surface area contributed by atoms with Crippen molar-refractivity contribution in [2.75, 3.05) is 0 Å². The highest BCUT2D eigenvalue weighted by Crippen LogP contribution is 2.19. The van der Waals surface area contributed by atoms with Gasteiger partial charge in [0.1, 0.15) is 0 Å². The van der Waals surface area contributed by atoms with Gasteiger partial charge in [-0.1, -0.05) is 60.2 Å². The molecule has 0 spiro atoms. The van der Waals surface area contributed by atoms with Crippen molar-refractivity contribution in [3.05, 3.63) is 71.3 Å². The summed E-state index contributed by atoms with van der Waals surface area (Å²) >= 11 is 0. The molecule has 2 rings (SSSR count). The van der Waals surface area contributed by atoms with E-state index in [2.05, 4.69) is 43.3 Å². The Bertz CT molecular complexity index is 422. The van der Waals surface area contributed by atoms with E-state index in [4.69, 9.17) is 5.73 Å². The first-order valence-electron chi connectivity index (χ1n) is 5.14. The van der Waals surface area contributed by atoms with E-state index in [0.29, 0.717) is 0 Å². The fourth-order valence-corrected chi connectivity index (χ4v) is 1.63. The lowest BCUT2D eigenvalue weighted by Gasteiger charge is -2.12. The van der Waals surface area contributed by atoms with Crippen LogP contribution in [-0.2, 0) is 0 Å². The summed E-state index contributed by atoms with van der Waals surface area (Å²) in [5.41, 5.74) is 9.74. The lowest BCUT2D eigenvalue weighted by atomic mass is 9.99. The minimum Gasteiger partial charge on any atom is -0.320 e. The first kappa shape index (κ1) is 12.9. The van der Waals surface area contributed by atoms with Gasteiger partial charge in [-0.15, -0.1) is 0 Å². The smallest absolute Gasteiger partial charge is 0.0551 e. The number of hydrogen-bond acceptors (Lipinski definition) is 1. The average Bonchev–Trinajstić information content (AvgIpc) is 2.30. The van der Waals surface area contributed by atoms with Gasteiger partial charge < -0.3 is 5.73 Å². The first-order valence-corrected chi connectivity index (χ1v) is 5.14. The van der Waals surface area contributed by atoms with Crippen LogP contribution in [0.25, 0.3) is 0 Å². The quantitative estimate of drug-likeness (QED) is 0.790. The molecule has 0 amide bonds. The summed E-state index contributed by atoms with van der Waals surface area (Å²) in [4.78, 5) is 0. The largest absolute Gasteiger partial charge is 0.320 e. The van der Waals surface area contributed by atoms with E-state index in [1.165, 1.54) is 5.56 Å². The van der Waals surface area contributed by atoms with Crippen LogP contribution in [0, 0.1) is 6.92 Å². The summed E-state index contributed by atoms with van der Waals surface area (Å²) in [6, 6.07) is 18.5. The molecule has 0 aliphatic rings. The second kappa shape index (κ2) is 5.79. The third-order valence-electron chi connectivity index (χ3n) is 2.60. The molecule has 0 aromatic heterocycles. The van der Waals surface area contributed by atoms with Gasteiger partial charge in [-0.25, -0.2) is 0 Å². The van der Waals surface area contributed by atoms with Crippen molar-refractivity contribution in [3.63, 3.8) is 0 Å². The Balaban J connectivity index is 0.00000128. The fraction of sp³-hybridized carbons (Fsp3) is 0.143. The summed E-state index contributed by atoms with van der Waals surface area (Å²) < 4.78 is 0. The molecule has 0 bridgehead atoms. The fourth-order valence-electron chi connectivity index (χ4n) is 1.63. The zero-order valence-corrected chi connectivity index (χ0v) is 11.0. The van der Waals surface area contributed by atoms with Crippen molar-refractivity contribution < 1.29 is 0 Å². The summed E-state index contributed by atoms with van der Waals surface area (Å²) in [5.74, 6) is 0. The standard InChI is InChI=1S/C14H15N.H3P/c1-11-7-9-13(10-8-11)14(15)12-5-3-2-4-6-12;/h2-10,14H,15H2,1H3;1H3. The van der Waals surface area contributed by atoms with E-state index in [-0.39, 0.29) is 15.9 Å². The van der Waals surface area contributed by atoms with Gasteiger partial charge in [-0.3, -0.25) is 0 Å². The molecule has 0 saturated carbocycles. The van der Waals surface area contributed by atoms with E-state index in [0.717, 1.165) is 11.1 Å². The lowest BCUT2D eigenvalue weighted by molar-refractivity contribution is 0.871. The highest BCUT2D eigenvalue weighted by atomic mass is 31.0. The first-order chi connectivity index (χ1) is 7.27. The summed E-state index contributed by atoms with van der Waals surface area (Å²) in [7, 11) is 0. The zero-order chi connectivity index (χ0) is 10.7. The van der Waals surface area contributed by atoms with Crippen LogP contribution in [0.15, 0.2) is 54.6 Å². The minimum absolute atomic E-state index is 0. The maximum Gasteiger partial charge on any atom is 0.0551 e. The van der Waals surface area contributed by atoms with Gasteiger partial charge in [0.2, 0.25) is 0 Å². The van der Waals surface area contributed by atoms with Crippen molar-refractivity contribution in [3.8, 4) is 0 Å². The van der Waals surface area contributed by atoms with Gasteiger partial charge in [0, 0.05) is 0 Å². The molecular formula is C14H18NP. The molecule has 0 saturated heterocycles. The molecule has 0 heterocycles. The van der Waals surface area contributed by atoms with Gasteiger partial charge in [-0.05, 0) is 18.1 Å². The van der Waals surface area contributed by atoms with Crippen molar-refractivity contribution >= 4 is 9.90 Å². The molecule has 0 aliphatic heterocycles. The number of nitrogens with two attached hydrogens (primary N) is 1. The molecule has 16 heavy (non-hydrogen) atoms. The van der Waals surface area contributed by atoms with E-state index in [9.17, 15) is 0 Å². The Morgan fingerprint density at radius 2 is 1.31 bits per heavy atom. The number of hydrogen-bond donors (Lipinski definition) is 1. The third kappa shape index (κ3) is 2.91. The molecule has 2 unspecified atom stereocenters. The predicted molar refractivity (Wildman–Crippen MR) is 74.8 cm³/mol. The molecule has 1 nitrogen and oxygen atoms in total. The molecule has 2 aromatic carbocycles. The van der Waals surface area contributed by atoms with Crippen LogP contribution in [0.5, 0.6) is 0 Å². The molecule has 2 aromatic rings. The maximum atomic E-state index is 6.17. The van der Waals surface area contributed by atoms with Crippen LogP contribution in [0.1, 0.15) is 22.7 Å². The Kier molecular flexibility index (Phi) is 4.67. The van der Waals surface area contributed by atoms with Crippen molar-refractivity contribution in [1.29, 1.82) is 0 Å². The van der Waals surface area contributed by atoms with Gasteiger partial charge in [-0.2, -0.15) is 9.90 Å². The van der Waals surface area contributed by atoms with Crippen molar-refractivity contribution in [1.82, 2.24) is 0 Å². The Morgan fingerprint density at radius 3 is 1.88 bits per heavy atom. The minimum atomic E-state index is -0.0215. The van der Waals surface area contributed by atoms with Gasteiger partial charge in [0.15, 0.2) is 0 Å². The molecule has 0 fully saturated rings. The van der Waals surface area contributed by atoms with Crippen LogP contribution in [0.3, 0.4) is 0 Å². The molecular weight excluding hydrogens is 213 g/mol. The van der Waals surface area contributed by atoms with Gasteiger partial charge in [0.25, 0.3) is 0 Å². The SMILES string of the molecule is Cc1ccc(C(N)c2ccccc2)cc1.P. The van der Waals surface area contributed by atoms with Crippen molar-refractivity contribution in [2.24, 2.45) is 5.73 Å². The predicted octanol–water partition coefficient (Wildman–Crippen LogP) is 3.10. The van der Waals surface area contributed by atoms with E-state index < -0.39 is 0 Å². The average molecular weight is 231 g/mol. The summed E-state index contributed by atoms with van der Waals surface area (Å²) in [5, 5.41) is 0. The Morgan fingerprint density at radius 1 is 0.812 bits per heavy atom. The van der Waals surface area contributed by atoms with E-state index >= 15 is 0 Å². The highest BCUT2D eigenvalue weighted by molar-refractivity contribution is 6.92. The lowest BCUT2D eigenvalue weighted by Crippen LogP contribution is -2.11. The van der Waals surface area contributed by atoms with Crippen LogP contribution >= 0.6 is 9.90 Å². The number of rotatable bonds is 2. The van der Waals surface area contributed by atoms with Crippen LogP contribution < -0.4 is 5.73 Å². The zero-order valence-electron chi connectivity index (χ0n) is 9.56. The van der Waals surface area contributed by atoms with Crippen molar-refractivity contribution in [2.45, 2.75) is 13.0 Å². The number of aryl methyl sites for hydroxylation is 1. The molecule has 0 radical (unpaired) electrons. The molecule has 2 atom stereocenters. The molecule has 0 aliphatic carbocycles. The second-order valence-corrected chi connectivity index (χ2v) is 3.80. The second-order valence-electron chi connectivity index (χ2n) is 3.80. The summed E-state index contributed by atoms with van der Waals surface area (Å²) in [6.45, 7) is 2.08. The Labute approximate surface area is 100 Å².